The van der Waals surface area contributed by atoms with Gasteiger partial charge in [0.1, 0.15) is 5.75 Å². The minimum atomic E-state index is -0.546. The monoisotopic (exact) mass is 414 g/mol. The third-order valence-corrected chi connectivity index (χ3v) is 5.31. The van der Waals surface area contributed by atoms with Crippen molar-refractivity contribution in [3.05, 3.63) is 42.0 Å². The van der Waals surface area contributed by atoms with Crippen LogP contribution >= 0.6 is 0 Å². The smallest absolute Gasteiger partial charge is 0.230 e. The van der Waals surface area contributed by atoms with Crippen LogP contribution in [-0.4, -0.2) is 52.2 Å². The molecule has 1 saturated heterocycles. The molecule has 160 valence electrons. The van der Waals surface area contributed by atoms with E-state index in [0.29, 0.717) is 28.7 Å². The van der Waals surface area contributed by atoms with Crippen molar-refractivity contribution in [1.82, 2.24) is 4.90 Å². The Morgan fingerprint density at radius 3 is 2.07 bits per heavy atom. The number of amides is 2. The van der Waals surface area contributed by atoms with Crippen LogP contribution in [0.5, 0.6) is 23.0 Å². The van der Waals surface area contributed by atoms with Gasteiger partial charge in [-0.3, -0.25) is 9.59 Å². The predicted octanol–water partition coefficient (Wildman–Crippen LogP) is 2.88. The van der Waals surface area contributed by atoms with Gasteiger partial charge in [-0.25, -0.2) is 0 Å². The maximum absolute atomic E-state index is 13.1. The molecule has 8 nitrogen and oxygen atoms in total. The van der Waals surface area contributed by atoms with Crippen LogP contribution in [-0.2, 0) is 9.59 Å². The van der Waals surface area contributed by atoms with Crippen molar-refractivity contribution < 1.29 is 28.5 Å². The van der Waals surface area contributed by atoms with Gasteiger partial charge in [-0.2, -0.15) is 0 Å². The molecule has 30 heavy (non-hydrogen) atoms. The van der Waals surface area contributed by atoms with Crippen LogP contribution in [0.15, 0.2) is 36.4 Å². The highest BCUT2D eigenvalue weighted by atomic mass is 16.5. The quantitative estimate of drug-likeness (QED) is 0.750. The molecule has 1 fully saturated rings. The molecule has 1 aliphatic rings. The summed E-state index contributed by atoms with van der Waals surface area (Å²) in [5, 5.41) is 2.89. The Morgan fingerprint density at radius 1 is 0.967 bits per heavy atom. The second kappa shape index (κ2) is 8.94. The van der Waals surface area contributed by atoms with E-state index in [0.717, 1.165) is 5.56 Å². The number of hydrogen-bond donors (Lipinski definition) is 1. The first kappa shape index (κ1) is 21.3. The van der Waals surface area contributed by atoms with Crippen LogP contribution in [0.1, 0.15) is 18.0 Å². The number of nitrogens with zero attached hydrogens (tertiary/aromatic N) is 1. The van der Waals surface area contributed by atoms with Crippen LogP contribution in [0, 0.1) is 5.92 Å². The summed E-state index contributed by atoms with van der Waals surface area (Å²) >= 11 is 0. The first-order chi connectivity index (χ1) is 14.4. The first-order valence-electron chi connectivity index (χ1n) is 9.44. The van der Waals surface area contributed by atoms with Crippen molar-refractivity contribution in [2.45, 2.75) is 12.5 Å². The normalized spacial score (nSPS) is 18.2. The average molecular weight is 414 g/mol. The Morgan fingerprint density at radius 2 is 1.57 bits per heavy atom. The van der Waals surface area contributed by atoms with Gasteiger partial charge in [-0.05, 0) is 17.7 Å². The van der Waals surface area contributed by atoms with Gasteiger partial charge in [0.15, 0.2) is 11.5 Å². The molecule has 8 heteroatoms. The zero-order valence-electron chi connectivity index (χ0n) is 17.7. The third kappa shape index (κ3) is 3.98. The van der Waals surface area contributed by atoms with Gasteiger partial charge in [-0.1, -0.05) is 12.1 Å². The molecule has 2 aromatic carbocycles. The van der Waals surface area contributed by atoms with Crippen LogP contribution < -0.4 is 24.3 Å². The molecule has 0 radical (unpaired) electrons. The molecular formula is C22H26N2O6. The molecule has 2 aromatic rings. The fourth-order valence-corrected chi connectivity index (χ4v) is 3.75. The van der Waals surface area contributed by atoms with E-state index in [2.05, 4.69) is 5.32 Å². The number of hydrogen-bond acceptors (Lipinski definition) is 6. The first-order valence-corrected chi connectivity index (χ1v) is 9.44. The third-order valence-electron chi connectivity index (χ3n) is 5.31. The highest BCUT2D eigenvalue weighted by Crippen LogP contribution is 2.41. The fraction of sp³-hybridized carbons (Fsp3) is 0.364. The van der Waals surface area contributed by atoms with Gasteiger partial charge in [0.05, 0.1) is 40.4 Å². The lowest BCUT2D eigenvalue weighted by Gasteiger charge is -2.25. The lowest BCUT2D eigenvalue weighted by Crippen LogP contribution is -2.30. The molecule has 0 aliphatic carbocycles. The molecule has 0 saturated carbocycles. The molecule has 0 spiro atoms. The molecule has 0 aromatic heterocycles. The predicted molar refractivity (Wildman–Crippen MR) is 111 cm³/mol. The van der Waals surface area contributed by atoms with Gasteiger partial charge in [0.2, 0.25) is 17.6 Å². The molecular weight excluding hydrogens is 388 g/mol. The number of anilines is 1. The summed E-state index contributed by atoms with van der Waals surface area (Å²) in [6.45, 7) is 0. The number of nitrogens with one attached hydrogen (secondary N) is 1. The van der Waals surface area contributed by atoms with Crippen LogP contribution in [0.25, 0.3) is 0 Å². The average Bonchev–Trinajstić information content (AvgIpc) is 3.07. The molecule has 3 rings (SSSR count). The Hall–Kier alpha value is -3.42. The maximum Gasteiger partial charge on any atom is 0.230 e. The number of ether oxygens (including phenoxy) is 4. The molecule has 1 heterocycles. The van der Waals surface area contributed by atoms with E-state index in [1.807, 2.05) is 24.3 Å². The van der Waals surface area contributed by atoms with E-state index in [-0.39, 0.29) is 24.3 Å². The summed E-state index contributed by atoms with van der Waals surface area (Å²) in [5.74, 6) is 1.12. The minimum absolute atomic E-state index is 0.0825. The fourth-order valence-electron chi connectivity index (χ4n) is 3.75. The highest BCUT2D eigenvalue weighted by Gasteiger charge is 2.42. The second-order valence-electron chi connectivity index (χ2n) is 6.94. The summed E-state index contributed by atoms with van der Waals surface area (Å²) in [7, 11) is 7.83. The van der Waals surface area contributed by atoms with Crippen molar-refractivity contribution >= 4 is 17.5 Å². The molecule has 0 bridgehead atoms. The van der Waals surface area contributed by atoms with Gasteiger partial charge in [-0.15, -0.1) is 0 Å². The minimum Gasteiger partial charge on any atom is -0.497 e. The lowest BCUT2D eigenvalue weighted by molar-refractivity contribution is -0.127. The summed E-state index contributed by atoms with van der Waals surface area (Å²) in [6, 6.07) is 10.3. The lowest BCUT2D eigenvalue weighted by atomic mass is 9.92. The summed E-state index contributed by atoms with van der Waals surface area (Å²) in [4.78, 5) is 27.1. The van der Waals surface area contributed by atoms with Crippen molar-refractivity contribution in [3.8, 4) is 23.0 Å². The Labute approximate surface area is 175 Å². The van der Waals surface area contributed by atoms with Crippen LogP contribution in [0.4, 0.5) is 5.69 Å². The van der Waals surface area contributed by atoms with Crippen molar-refractivity contribution in [2.75, 3.05) is 40.8 Å². The number of benzene rings is 2. The molecule has 1 aliphatic heterocycles. The molecule has 0 unspecified atom stereocenters. The largest absolute Gasteiger partial charge is 0.497 e. The van der Waals surface area contributed by atoms with Crippen molar-refractivity contribution in [1.29, 1.82) is 0 Å². The summed E-state index contributed by atoms with van der Waals surface area (Å²) < 4.78 is 21.2. The van der Waals surface area contributed by atoms with E-state index in [1.54, 1.807) is 31.2 Å². The van der Waals surface area contributed by atoms with Crippen molar-refractivity contribution in [3.63, 3.8) is 0 Å². The van der Waals surface area contributed by atoms with Crippen molar-refractivity contribution in [2.24, 2.45) is 5.92 Å². The van der Waals surface area contributed by atoms with E-state index in [9.17, 15) is 9.59 Å². The van der Waals surface area contributed by atoms with Crippen LogP contribution in [0.2, 0.25) is 0 Å². The standard InChI is InChI=1S/C22H26N2O6/c1-24-19(25)12-16(20(24)13-6-8-15(27-2)9-7-13)22(26)23-14-10-17(28-3)21(30-5)18(11-14)29-4/h6-11,16,20H,12H2,1-5H3,(H,23,26)/t16-,20+/m1/s1. The number of likely N-dealkylation sites (tertiary alicyclic amines) is 1. The number of carbonyl (C=O) groups excluding carboxylic acids is 2. The SMILES string of the molecule is COc1ccc([C@H]2[C@H](C(=O)Nc3cc(OC)c(OC)c(OC)c3)CC(=O)N2C)cc1. The highest BCUT2D eigenvalue weighted by molar-refractivity contribution is 5.98. The van der Waals surface area contributed by atoms with E-state index in [4.69, 9.17) is 18.9 Å². The summed E-state index contributed by atoms with van der Waals surface area (Å²) in [5.41, 5.74) is 1.36. The molecule has 1 N–H and O–H groups in total. The second-order valence-corrected chi connectivity index (χ2v) is 6.94. The number of methoxy groups -OCH3 is 4. The number of rotatable bonds is 7. The van der Waals surface area contributed by atoms with Gasteiger partial charge < -0.3 is 29.2 Å². The van der Waals surface area contributed by atoms with Gasteiger partial charge in [0, 0.05) is 31.3 Å². The zero-order chi connectivity index (χ0) is 21.8. The van der Waals surface area contributed by atoms with Gasteiger partial charge in [0.25, 0.3) is 0 Å². The van der Waals surface area contributed by atoms with E-state index < -0.39 is 5.92 Å². The summed E-state index contributed by atoms with van der Waals surface area (Å²) in [6.07, 6.45) is 0.128. The Bertz CT molecular complexity index is 903. The topological polar surface area (TPSA) is 86.3 Å². The van der Waals surface area contributed by atoms with E-state index >= 15 is 0 Å². The Balaban J connectivity index is 1.88. The van der Waals surface area contributed by atoms with Gasteiger partial charge >= 0.3 is 0 Å². The Kier molecular flexibility index (Phi) is 6.34. The molecule has 2 atom stereocenters. The molecule has 2 amide bonds. The van der Waals surface area contributed by atoms with E-state index in [1.165, 1.54) is 21.3 Å². The maximum atomic E-state index is 13.1. The number of carbonyl (C=O) groups is 2. The van der Waals surface area contributed by atoms with Crippen LogP contribution in [0.3, 0.4) is 0 Å². The zero-order valence-corrected chi connectivity index (χ0v) is 17.7.